The molecule has 1 N–H and O–H groups in total. The summed E-state index contributed by atoms with van der Waals surface area (Å²) in [5, 5.41) is 3.22. The topological polar surface area (TPSA) is 12.0 Å². The maximum atomic E-state index is 5.05. The Labute approximate surface area is 63.5 Å². The molecule has 0 fully saturated rings. The van der Waals surface area contributed by atoms with Crippen LogP contribution in [0.15, 0.2) is 12.2 Å². The zero-order valence-corrected chi connectivity index (χ0v) is 6.56. The van der Waals surface area contributed by atoms with Crippen LogP contribution in [0.3, 0.4) is 0 Å². The minimum absolute atomic E-state index is 0.756. The summed E-state index contributed by atoms with van der Waals surface area (Å²) in [6, 6.07) is 0. The van der Waals surface area contributed by atoms with Gasteiger partial charge in [0.1, 0.15) is 0 Å². The van der Waals surface area contributed by atoms with E-state index in [-0.39, 0.29) is 0 Å². The van der Waals surface area contributed by atoms with Crippen molar-refractivity contribution in [3.8, 4) is 12.3 Å². The molecule has 0 saturated heterocycles. The van der Waals surface area contributed by atoms with E-state index in [1.54, 1.807) is 0 Å². The van der Waals surface area contributed by atoms with Crippen LogP contribution in [0.4, 0.5) is 0 Å². The van der Waals surface area contributed by atoms with Crippen LogP contribution in [0.25, 0.3) is 0 Å². The molecule has 56 valence electrons. The molecule has 0 bridgehead atoms. The molecule has 1 heteroatoms. The van der Waals surface area contributed by atoms with Crippen LogP contribution >= 0.6 is 0 Å². The average Bonchev–Trinajstić information content (AvgIpc) is 1.97. The maximum Gasteiger partial charge on any atom is 0.0267 e. The van der Waals surface area contributed by atoms with Gasteiger partial charge in [0.25, 0.3) is 0 Å². The molecule has 0 amide bonds. The minimum atomic E-state index is 0.756. The summed E-state index contributed by atoms with van der Waals surface area (Å²) in [6.07, 6.45) is 11.0. The van der Waals surface area contributed by atoms with Crippen LogP contribution in [0.5, 0.6) is 0 Å². The Kier molecular flexibility index (Phi) is 7.65. The Balaban J connectivity index is 2.97. The second kappa shape index (κ2) is 8.26. The lowest BCUT2D eigenvalue weighted by Crippen LogP contribution is -2.12. The van der Waals surface area contributed by atoms with Gasteiger partial charge < -0.3 is 5.32 Å². The summed E-state index contributed by atoms with van der Waals surface area (Å²) in [6.45, 7) is 4.20. The first-order chi connectivity index (χ1) is 4.91. The number of terminal acetylenes is 1. The van der Waals surface area contributed by atoms with Gasteiger partial charge in [0.15, 0.2) is 0 Å². The lowest BCUT2D eigenvalue weighted by atomic mass is 10.3. The third kappa shape index (κ3) is 7.26. The van der Waals surface area contributed by atoms with Crippen molar-refractivity contribution in [3.05, 3.63) is 12.2 Å². The molecular weight excluding hydrogens is 122 g/mol. The zero-order valence-electron chi connectivity index (χ0n) is 6.56. The van der Waals surface area contributed by atoms with Gasteiger partial charge in [0, 0.05) is 6.42 Å². The lowest BCUT2D eigenvalue weighted by molar-refractivity contribution is 0.726. The van der Waals surface area contributed by atoms with E-state index >= 15 is 0 Å². The Morgan fingerprint density at radius 2 is 2.30 bits per heavy atom. The Morgan fingerprint density at radius 3 is 2.90 bits per heavy atom. The number of rotatable bonds is 5. The van der Waals surface area contributed by atoms with Gasteiger partial charge in [-0.25, -0.2) is 0 Å². The third-order valence-corrected chi connectivity index (χ3v) is 1.14. The summed E-state index contributed by atoms with van der Waals surface area (Å²) >= 11 is 0. The van der Waals surface area contributed by atoms with Crippen molar-refractivity contribution in [1.82, 2.24) is 5.32 Å². The van der Waals surface area contributed by atoms with Crippen LogP contribution in [0, 0.1) is 12.3 Å². The molecular formula is C9H15N. The second-order valence-electron chi connectivity index (χ2n) is 2.02. The Bertz CT molecular complexity index is 119. The molecule has 10 heavy (non-hydrogen) atoms. The first-order valence-electron chi connectivity index (χ1n) is 3.71. The fourth-order valence-electron chi connectivity index (χ4n) is 0.631. The van der Waals surface area contributed by atoms with E-state index in [4.69, 9.17) is 6.42 Å². The molecule has 0 aliphatic rings. The molecule has 0 aliphatic heterocycles. The minimum Gasteiger partial charge on any atom is -0.317 e. The molecule has 1 nitrogen and oxygen atoms in total. The third-order valence-electron chi connectivity index (χ3n) is 1.14. The molecule has 0 spiro atoms. The summed E-state index contributed by atoms with van der Waals surface area (Å²) in [4.78, 5) is 0. The van der Waals surface area contributed by atoms with E-state index < -0.39 is 0 Å². The summed E-state index contributed by atoms with van der Waals surface area (Å²) < 4.78 is 0. The maximum absolute atomic E-state index is 5.05. The smallest absolute Gasteiger partial charge is 0.0267 e. The normalized spacial score (nSPS) is 10.0. The standard InChI is InChI=1S/C9H15N/c1-3-5-6-7-8-9-10-4-2/h1,6-7,10H,4-5,8-9H2,2H3/b7-6+. The number of nitrogens with one attached hydrogen (secondary N) is 1. The number of hydrogen-bond donors (Lipinski definition) is 1. The van der Waals surface area contributed by atoms with Gasteiger partial charge in [0.2, 0.25) is 0 Å². The Hall–Kier alpha value is -0.740. The van der Waals surface area contributed by atoms with Gasteiger partial charge in [-0.3, -0.25) is 0 Å². The van der Waals surface area contributed by atoms with Gasteiger partial charge in [-0.05, 0) is 19.5 Å². The highest BCUT2D eigenvalue weighted by atomic mass is 14.8. The molecule has 0 heterocycles. The summed E-state index contributed by atoms with van der Waals surface area (Å²) in [5.74, 6) is 2.55. The lowest BCUT2D eigenvalue weighted by Gasteiger charge is -1.94. The first kappa shape index (κ1) is 9.26. The van der Waals surface area contributed by atoms with Crippen LogP contribution in [-0.4, -0.2) is 13.1 Å². The molecule has 0 radical (unpaired) electrons. The molecule has 0 saturated carbocycles. The van der Waals surface area contributed by atoms with Crippen molar-refractivity contribution in [2.45, 2.75) is 19.8 Å². The fraction of sp³-hybridized carbons (Fsp3) is 0.556. The zero-order chi connectivity index (χ0) is 7.66. The first-order valence-corrected chi connectivity index (χ1v) is 3.71. The Morgan fingerprint density at radius 1 is 1.50 bits per heavy atom. The van der Waals surface area contributed by atoms with Crippen LogP contribution in [0.1, 0.15) is 19.8 Å². The quantitative estimate of drug-likeness (QED) is 0.344. The molecule has 0 rings (SSSR count). The van der Waals surface area contributed by atoms with Crippen molar-refractivity contribution >= 4 is 0 Å². The fourth-order valence-corrected chi connectivity index (χ4v) is 0.631. The molecule has 0 atom stereocenters. The molecule has 0 unspecified atom stereocenters. The van der Waals surface area contributed by atoms with E-state index in [1.165, 1.54) is 0 Å². The van der Waals surface area contributed by atoms with Gasteiger partial charge in [0.05, 0.1) is 0 Å². The van der Waals surface area contributed by atoms with Crippen molar-refractivity contribution < 1.29 is 0 Å². The van der Waals surface area contributed by atoms with Gasteiger partial charge >= 0.3 is 0 Å². The number of hydrogen-bond acceptors (Lipinski definition) is 1. The SMILES string of the molecule is C#CC/C=C/CCNCC. The monoisotopic (exact) mass is 137 g/mol. The molecule has 0 aromatic heterocycles. The van der Waals surface area contributed by atoms with E-state index in [9.17, 15) is 0 Å². The van der Waals surface area contributed by atoms with Crippen LogP contribution in [0.2, 0.25) is 0 Å². The van der Waals surface area contributed by atoms with Crippen LogP contribution in [-0.2, 0) is 0 Å². The highest BCUT2D eigenvalue weighted by molar-refractivity contribution is 4.96. The van der Waals surface area contributed by atoms with Gasteiger partial charge in [-0.15, -0.1) is 12.3 Å². The average molecular weight is 137 g/mol. The highest BCUT2D eigenvalue weighted by Crippen LogP contribution is 1.83. The van der Waals surface area contributed by atoms with Crippen molar-refractivity contribution in [2.24, 2.45) is 0 Å². The van der Waals surface area contributed by atoms with Gasteiger partial charge in [-0.2, -0.15) is 0 Å². The van der Waals surface area contributed by atoms with E-state index in [0.717, 1.165) is 25.9 Å². The van der Waals surface area contributed by atoms with Crippen LogP contribution < -0.4 is 5.32 Å². The van der Waals surface area contributed by atoms with E-state index in [1.807, 2.05) is 6.08 Å². The van der Waals surface area contributed by atoms with Crippen molar-refractivity contribution in [2.75, 3.05) is 13.1 Å². The summed E-state index contributed by atoms with van der Waals surface area (Å²) in [5.41, 5.74) is 0. The van der Waals surface area contributed by atoms with Crippen molar-refractivity contribution in [3.63, 3.8) is 0 Å². The summed E-state index contributed by atoms with van der Waals surface area (Å²) in [7, 11) is 0. The van der Waals surface area contributed by atoms with Crippen molar-refractivity contribution in [1.29, 1.82) is 0 Å². The predicted octanol–water partition coefficient (Wildman–Crippen LogP) is 1.57. The van der Waals surface area contributed by atoms with E-state index in [2.05, 4.69) is 24.2 Å². The largest absolute Gasteiger partial charge is 0.317 e. The molecule has 0 aromatic carbocycles. The molecule has 0 aromatic rings. The number of allylic oxidation sites excluding steroid dienone is 1. The second-order valence-corrected chi connectivity index (χ2v) is 2.02. The van der Waals surface area contributed by atoms with E-state index in [0.29, 0.717) is 0 Å². The molecule has 0 aliphatic carbocycles. The predicted molar refractivity (Wildman–Crippen MR) is 45.8 cm³/mol. The van der Waals surface area contributed by atoms with Gasteiger partial charge in [-0.1, -0.05) is 19.1 Å². The highest BCUT2D eigenvalue weighted by Gasteiger charge is 1.77.